The van der Waals surface area contributed by atoms with Gasteiger partial charge in [0, 0.05) is 6.07 Å². The molecule has 0 spiro atoms. The third-order valence-electron chi connectivity index (χ3n) is 2.45. The molecule has 1 aliphatic rings. The second-order valence-corrected chi connectivity index (χ2v) is 5.49. The van der Waals surface area contributed by atoms with E-state index in [1.807, 2.05) is 0 Å². The predicted octanol–water partition coefficient (Wildman–Crippen LogP) is 2.50. The third-order valence-corrected chi connectivity index (χ3v) is 4.06. The molecule has 7 heteroatoms. The summed E-state index contributed by atoms with van der Waals surface area (Å²) in [6.07, 6.45) is 0. The maximum Gasteiger partial charge on any atom is 0.288 e. The molecule has 1 N–H and O–H groups in total. The highest BCUT2D eigenvalue weighted by Crippen LogP contribution is 2.37. The monoisotopic (exact) mass is 272 g/mol. The number of hydrogen-bond donors (Lipinski definition) is 1. The maximum absolute atomic E-state index is 11.4. The van der Waals surface area contributed by atoms with Crippen LogP contribution in [-0.2, 0) is 4.79 Å². The molecular formula is C10H9ClN2O3S. The molecule has 0 bridgehead atoms. The normalized spacial score (nSPS) is 23.5. The predicted molar refractivity (Wildman–Crippen MR) is 66.0 cm³/mol. The van der Waals surface area contributed by atoms with Gasteiger partial charge in [-0.15, -0.1) is 11.8 Å². The van der Waals surface area contributed by atoms with Crippen LogP contribution in [0.15, 0.2) is 18.2 Å². The Labute approximate surface area is 107 Å². The molecule has 1 aliphatic heterocycles. The molecule has 1 amide bonds. The van der Waals surface area contributed by atoms with Crippen molar-refractivity contribution >= 4 is 35.0 Å². The Kier molecular flexibility index (Phi) is 3.26. The van der Waals surface area contributed by atoms with Gasteiger partial charge < -0.3 is 5.32 Å². The van der Waals surface area contributed by atoms with E-state index >= 15 is 0 Å². The first-order valence-electron chi connectivity index (χ1n) is 4.88. The first-order valence-corrected chi connectivity index (χ1v) is 6.21. The minimum absolute atomic E-state index is 0.0578. The molecule has 2 atom stereocenters. The van der Waals surface area contributed by atoms with Crippen molar-refractivity contribution in [2.75, 3.05) is 0 Å². The van der Waals surface area contributed by atoms with Gasteiger partial charge in [0.05, 0.1) is 10.2 Å². The van der Waals surface area contributed by atoms with Crippen LogP contribution in [-0.4, -0.2) is 16.1 Å². The number of carbonyl (C=O) groups is 1. The summed E-state index contributed by atoms with van der Waals surface area (Å²) in [6, 6.07) is 4.56. The van der Waals surface area contributed by atoms with Crippen LogP contribution < -0.4 is 5.32 Å². The molecule has 90 valence electrons. The third kappa shape index (κ3) is 2.37. The number of nitro benzene ring substituents is 1. The molecule has 17 heavy (non-hydrogen) atoms. The molecule has 0 aromatic heterocycles. The highest BCUT2D eigenvalue weighted by Gasteiger charge is 2.31. The summed E-state index contributed by atoms with van der Waals surface area (Å²) in [5.74, 6) is -0.0578. The van der Waals surface area contributed by atoms with Crippen molar-refractivity contribution in [3.05, 3.63) is 38.9 Å². The number of benzene rings is 1. The van der Waals surface area contributed by atoms with Crippen molar-refractivity contribution in [1.29, 1.82) is 0 Å². The Morgan fingerprint density at radius 1 is 1.53 bits per heavy atom. The van der Waals surface area contributed by atoms with Crippen LogP contribution >= 0.6 is 23.4 Å². The second-order valence-electron chi connectivity index (χ2n) is 3.63. The molecule has 0 aliphatic carbocycles. The van der Waals surface area contributed by atoms with E-state index in [-0.39, 0.29) is 27.2 Å². The highest BCUT2D eigenvalue weighted by atomic mass is 35.5. The van der Waals surface area contributed by atoms with Crippen LogP contribution in [0.25, 0.3) is 0 Å². The van der Waals surface area contributed by atoms with E-state index in [0.717, 1.165) is 0 Å². The van der Waals surface area contributed by atoms with Crippen LogP contribution in [0, 0.1) is 10.1 Å². The number of nitrogens with one attached hydrogen (secondary N) is 1. The maximum atomic E-state index is 11.4. The van der Waals surface area contributed by atoms with E-state index < -0.39 is 4.92 Å². The molecule has 1 saturated heterocycles. The number of hydrogen-bond acceptors (Lipinski definition) is 4. The molecule has 0 saturated carbocycles. The van der Waals surface area contributed by atoms with E-state index in [4.69, 9.17) is 11.6 Å². The minimum atomic E-state index is -0.531. The summed E-state index contributed by atoms with van der Waals surface area (Å²) in [7, 11) is 0. The number of rotatable bonds is 2. The fraction of sp³-hybridized carbons (Fsp3) is 0.300. The lowest BCUT2D eigenvalue weighted by Crippen LogP contribution is -2.22. The lowest BCUT2D eigenvalue weighted by molar-refractivity contribution is -0.384. The SMILES string of the molecule is C[C@@H]1S[C@H](c2ccc(Cl)c([N+](=O)[O-])c2)NC1=O. The Morgan fingerprint density at radius 3 is 2.76 bits per heavy atom. The molecular weight excluding hydrogens is 264 g/mol. The van der Waals surface area contributed by atoms with E-state index in [1.165, 1.54) is 23.9 Å². The fourth-order valence-electron chi connectivity index (χ4n) is 1.54. The van der Waals surface area contributed by atoms with Crippen molar-refractivity contribution in [1.82, 2.24) is 5.32 Å². The van der Waals surface area contributed by atoms with E-state index in [0.29, 0.717) is 5.56 Å². The van der Waals surface area contributed by atoms with Gasteiger partial charge in [-0.25, -0.2) is 0 Å². The Hall–Kier alpha value is -1.27. The molecule has 0 radical (unpaired) electrons. The standard InChI is InChI=1S/C10H9ClN2O3S/c1-5-9(14)12-10(17-5)6-2-3-7(11)8(4-6)13(15)16/h2-5,10H,1H3,(H,12,14)/t5-,10+/m0/s1. The van der Waals surface area contributed by atoms with Crippen LogP contribution in [0.4, 0.5) is 5.69 Å². The van der Waals surface area contributed by atoms with Crippen LogP contribution in [0.1, 0.15) is 17.9 Å². The van der Waals surface area contributed by atoms with Gasteiger partial charge in [0.2, 0.25) is 5.91 Å². The van der Waals surface area contributed by atoms with Gasteiger partial charge in [-0.05, 0) is 18.6 Å². The van der Waals surface area contributed by atoms with E-state index in [2.05, 4.69) is 5.32 Å². The first-order chi connectivity index (χ1) is 7.99. The highest BCUT2D eigenvalue weighted by molar-refractivity contribution is 8.01. The number of thioether (sulfide) groups is 1. The van der Waals surface area contributed by atoms with Crippen molar-refractivity contribution in [2.24, 2.45) is 0 Å². The number of carbonyl (C=O) groups excluding carboxylic acids is 1. The van der Waals surface area contributed by atoms with Crippen molar-refractivity contribution < 1.29 is 9.72 Å². The average molecular weight is 273 g/mol. The topological polar surface area (TPSA) is 72.2 Å². The second kappa shape index (κ2) is 4.54. The van der Waals surface area contributed by atoms with Crippen molar-refractivity contribution in [3.8, 4) is 0 Å². The molecule has 0 unspecified atom stereocenters. The Bertz CT molecular complexity index is 494. The average Bonchev–Trinajstić information content (AvgIpc) is 2.59. The van der Waals surface area contributed by atoms with Gasteiger partial charge in [-0.2, -0.15) is 0 Å². The number of amides is 1. The van der Waals surface area contributed by atoms with Gasteiger partial charge >= 0.3 is 0 Å². The van der Waals surface area contributed by atoms with E-state index in [1.54, 1.807) is 13.0 Å². The van der Waals surface area contributed by atoms with Gasteiger partial charge in [-0.3, -0.25) is 14.9 Å². The van der Waals surface area contributed by atoms with Crippen LogP contribution in [0.5, 0.6) is 0 Å². The Balaban J connectivity index is 2.31. The lowest BCUT2D eigenvalue weighted by Gasteiger charge is -2.09. The van der Waals surface area contributed by atoms with E-state index in [9.17, 15) is 14.9 Å². The number of nitrogens with zero attached hydrogens (tertiary/aromatic N) is 1. The van der Waals surface area contributed by atoms with Gasteiger partial charge in [0.1, 0.15) is 10.4 Å². The fourth-order valence-corrected chi connectivity index (χ4v) is 2.82. The van der Waals surface area contributed by atoms with Gasteiger partial charge in [0.15, 0.2) is 0 Å². The first kappa shape index (κ1) is 12.2. The zero-order valence-corrected chi connectivity index (χ0v) is 10.4. The number of nitro groups is 1. The summed E-state index contributed by atoms with van der Waals surface area (Å²) < 4.78 is 0. The molecule has 1 aromatic carbocycles. The molecule has 2 rings (SSSR count). The quantitative estimate of drug-likeness (QED) is 0.663. The molecule has 5 nitrogen and oxygen atoms in total. The molecule has 1 aromatic rings. The molecule has 1 fully saturated rings. The summed E-state index contributed by atoms with van der Waals surface area (Å²) in [4.78, 5) is 21.6. The van der Waals surface area contributed by atoms with Crippen LogP contribution in [0.3, 0.4) is 0 Å². The van der Waals surface area contributed by atoms with Crippen molar-refractivity contribution in [2.45, 2.75) is 17.5 Å². The minimum Gasteiger partial charge on any atom is -0.339 e. The summed E-state index contributed by atoms with van der Waals surface area (Å²) >= 11 is 7.15. The lowest BCUT2D eigenvalue weighted by atomic mass is 10.2. The summed E-state index contributed by atoms with van der Waals surface area (Å²) in [5, 5.41) is 13.2. The molecule has 1 heterocycles. The summed E-state index contributed by atoms with van der Waals surface area (Å²) in [6.45, 7) is 1.80. The van der Waals surface area contributed by atoms with Gasteiger partial charge in [0.25, 0.3) is 5.69 Å². The van der Waals surface area contributed by atoms with Crippen molar-refractivity contribution in [3.63, 3.8) is 0 Å². The Morgan fingerprint density at radius 2 is 2.24 bits per heavy atom. The zero-order chi connectivity index (χ0) is 12.6. The largest absolute Gasteiger partial charge is 0.339 e. The van der Waals surface area contributed by atoms with Crippen LogP contribution in [0.2, 0.25) is 5.02 Å². The smallest absolute Gasteiger partial charge is 0.288 e. The summed E-state index contributed by atoms with van der Waals surface area (Å²) in [5.41, 5.74) is 0.544. The van der Waals surface area contributed by atoms with Gasteiger partial charge in [-0.1, -0.05) is 17.7 Å². The number of halogens is 1. The zero-order valence-electron chi connectivity index (χ0n) is 8.84.